The van der Waals surface area contributed by atoms with Crippen molar-refractivity contribution in [2.75, 3.05) is 39.3 Å². The zero-order valence-electron chi connectivity index (χ0n) is 18.7. The lowest BCUT2D eigenvalue weighted by atomic mass is 9.95. The van der Waals surface area contributed by atoms with Crippen LogP contribution in [0.15, 0.2) is 24.3 Å². The molecular formula is C24H37N3O3. The van der Waals surface area contributed by atoms with E-state index in [1.807, 2.05) is 13.8 Å². The molecule has 0 bridgehead atoms. The van der Waals surface area contributed by atoms with Gasteiger partial charge in [0.1, 0.15) is 0 Å². The number of rotatable bonds is 7. The Labute approximate surface area is 180 Å². The molecular weight excluding hydrogens is 378 g/mol. The highest BCUT2D eigenvalue weighted by Gasteiger charge is 2.29. The van der Waals surface area contributed by atoms with Crippen molar-refractivity contribution in [2.45, 2.75) is 52.5 Å². The first-order chi connectivity index (χ1) is 14.4. The predicted octanol–water partition coefficient (Wildman–Crippen LogP) is 3.75. The number of aryl methyl sites for hydroxylation is 1. The van der Waals surface area contributed by atoms with Crippen LogP contribution < -0.4 is 5.32 Å². The van der Waals surface area contributed by atoms with Gasteiger partial charge in [-0.1, -0.05) is 43.7 Å². The van der Waals surface area contributed by atoms with Crippen molar-refractivity contribution in [3.63, 3.8) is 0 Å². The van der Waals surface area contributed by atoms with Gasteiger partial charge in [0.25, 0.3) is 0 Å². The van der Waals surface area contributed by atoms with E-state index < -0.39 is 0 Å². The average Bonchev–Trinajstić information content (AvgIpc) is 3.28. The third kappa shape index (κ3) is 6.21. The molecule has 1 atom stereocenters. The van der Waals surface area contributed by atoms with E-state index >= 15 is 0 Å². The molecule has 1 unspecified atom stereocenters. The Bertz CT molecular complexity index is 690. The van der Waals surface area contributed by atoms with Crippen LogP contribution in [0.25, 0.3) is 0 Å². The Morgan fingerprint density at radius 2 is 1.70 bits per heavy atom. The van der Waals surface area contributed by atoms with E-state index in [1.165, 1.54) is 24.0 Å². The maximum atomic E-state index is 12.8. The second kappa shape index (κ2) is 10.8. The number of hydrogen-bond acceptors (Lipinski definition) is 4. The standard InChI is InChI=1S/C24H37N3O3/c1-18(2)17-30-24(29)27-14-10-21(11-15-27)23(28)25-16-22(26-12-4-5-13-26)20-8-6-19(3)7-9-20/h6-9,18,21-22H,4-5,10-17H2,1-3H3,(H,25,28). The number of hydrogen-bond donors (Lipinski definition) is 1. The van der Waals surface area contributed by atoms with Crippen molar-refractivity contribution in [1.29, 1.82) is 0 Å². The van der Waals surface area contributed by atoms with Crippen molar-refractivity contribution in [2.24, 2.45) is 11.8 Å². The largest absolute Gasteiger partial charge is 0.449 e. The van der Waals surface area contributed by atoms with Crippen molar-refractivity contribution < 1.29 is 14.3 Å². The van der Waals surface area contributed by atoms with Gasteiger partial charge >= 0.3 is 6.09 Å². The molecule has 1 N–H and O–H groups in total. The van der Waals surface area contributed by atoms with E-state index in [4.69, 9.17) is 4.74 Å². The summed E-state index contributed by atoms with van der Waals surface area (Å²) in [6.45, 7) is 10.6. The maximum absolute atomic E-state index is 12.8. The second-order valence-electron chi connectivity index (χ2n) is 9.15. The molecule has 166 valence electrons. The van der Waals surface area contributed by atoms with Crippen molar-refractivity contribution in [3.05, 3.63) is 35.4 Å². The van der Waals surface area contributed by atoms with Crippen LogP contribution >= 0.6 is 0 Å². The summed E-state index contributed by atoms with van der Waals surface area (Å²) in [4.78, 5) is 29.2. The molecule has 1 aromatic carbocycles. The maximum Gasteiger partial charge on any atom is 0.409 e. The van der Waals surface area contributed by atoms with E-state index in [2.05, 4.69) is 41.4 Å². The van der Waals surface area contributed by atoms with Crippen molar-refractivity contribution in [3.8, 4) is 0 Å². The fourth-order valence-corrected chi connectivity index (χ4v) is 4.29. The number of piperidine rings is 1. The Hall–Kier alpha value is -2.08. The second-order valence-corrected chi connectivity index (χ2v) is 9.15. The summed E-state index contributed by atoms with van der Waals surface area (Å²) in [7, 11) is 0. The van der Waals surface area contributed by atoms with Crippen LogP contribution in [0.2, 0.25) is 0 Å². The smallest absolute Gasteiger partial charge is 0.409 e. The fraction of sp³-hybridized carbons (Fsp3) is 0.667. The molecule has 2 heterocycles. The van der Waals surface area contributed by atoms with Gasteiger partial charge in [-0.25, -0.2) is 4.79 Å². The minimum atomic E-state index is -0.254. The van der Waals surface area contributed by atoms with Gasteiger partial charge in [0.05, 0.1) is 12.6 Å². The number of nitrogens with one attached hydrogen (secondary N) is 1. The molecule has 6 nitrogen and oxygen atoms in total. The number of likely N-dealkylation sites (tertiary alicyclic amines) is 2. The van der Waals surface area contributed by atoms with Gasteiger partial charge < -0.3 is 15.0 Å². The molecule has 3 rings (SSSR count). The zero-order valence-corrected chi connectivity index (χ0v) is 18.7. The van der Waals surface area contributed by atoms with E-state index in [-0.39, 0.29) is 24.0 Å². The van der Waals surface area contributed by atoms with E-state index in [1.54, 1.807) is 4.90 Å². The highest BCUT2D eigenvalue weighted by Crippen LogP contribution is 2.25. The van der Waals surface area contributed by atoms with Gasteiger partial charge in [-0.3, -0.25) is 9.69 Å². The van der Waals surface area contributed by atoms with E-state index in [0.29, 0.717) is 45.0 Å². The number of carbonyl (C=O) groups excluding carboxylic acids is 2. The Balaban J connectivity index is 1.50. The normalized spacial score (nSPS) is 19.1. The molecule has 2 saturated heterocycles. The molecule has 0 aromatic heterocycles. The van der Waals surface area contributed by atoms with Crippen LogP contribution in [0.4, 0.5) is 4.79 Å². The van der Waals surface area contributed by atoms with Gasteiger partial charge in [-0.2, -0.15) is 0 Å². The first-order valence-corrected chi connectivity index (χ1v) is 11.4. The average molecular weight is 416 g/mol. The number of carbonyl (C=O) groups is 2. The SMILES string of the molecule is Cc1ccc(C(CNC(=O)C2CCN(C(=O)OCC(C)C)CC2)N2CCCC2)cc1. The molecule has 0 spiro atoms. The first kappa shape index (κ1) is 22.6. The van der Waals surface area contributed by atoms with E-state index in [0.717, 1.165) is 13.1 Å². The molecule has 2 fully saturated rings. The monoisotopic (exact) mass is 415 g/mol. The molecule has 1 aromatic rings. The topological polar surface area (TPSA) is 61.9 Å². The quantitative estimate of drug-likeness (QED) is 0.737. The van der Waals surface area contributed by atoms with Crippen LogP contribution in [0.1, 0.15) is 56.7 Å². The number of benzene rings is 1. The molecule has 2 aliphatic rings. The van der Waals surface area contributed by atoms with Crippen LogP contribution in [0, 0.1) is 18.8 Å². The molecule has 2 aliphatic heterocycles. The predicted molar refractivity (Wildman–Crippen MR) is 118 cm³/mol. The van der Waals surface area contributed by atoms with Crippen LogP contribution in [-0.4, -0.2) is 61.1 Å². The van der Waals surface area contributed by atoms with Gasteiger partial charge in [-0.15, -0.1) is 0 Å². The Morgan fingerprint density at radius 1 is 1.07 bits per heavy atom. The zero-order chi connectivity index (χ0) is 21.5. The lowest BCUT2D eigenvalue weighted by Gasteiger charge is -2.32. The molecule has 2 amide bonds. The molecule has 0 radical (unpaired) electrons. The minimum Gasteiger partial charge on any atom is -0.449 e. The van der Waals surface area contributed by atoms with Crippen LogP contribution in [0.3, 0.4) is 0 Å². The van der Waals surface area contributed by atoms with Gasteiger partial charge in [0, 0.05) is 25.6 Å². The highest BCUT2D eigenvalue weighted by atomic mass is 16.6. The molecule has 0 aliphatic carbocycles. The van der Waals surface area contributed by atoms with Gasteiger partial charge in [0.2, 0.25) is 5.91 Å². The first-order valence-electron chi connectivity index (χ1n) is 11.4. The molecule has 30 heavy (non-hydrogen) atoms. The lowest BCUT2D eigenvalue weighted by molar-refractivity contribution is -0.126. The van der Waals surface area contributed by atoms with Gasteiger partial charge in [-0.05, 0) is 57.2 Å². The lowest BCUT2D eigenvalue weighted by Crippen LogP contribution is -2.45. The number of ether oxygens (including phenoxy) is 1. The summed E-state index contributed by atoms with van der Waals surface area (Å²) in [5, 5.41) is 3.21. The third-order valence-corrected chi connectivity index (χ3v) is 6.18. The number of nitrogens with zero attached hydrogens (tertiary/aromatic N) is 2. The summed E-state index contributed by atoms with van der Waals surface area (Å²) >= 11 is 0. The van der Waals surface area contributed by atoms with Gasteiger partial charge in [0.15, 0.2) is 0 Å². The van der Waals surface area contributed by atoms with E-state index in [9.17, 15) is 9.59 Å². The summed E-state index contributed by atoms with van der Waals surface area (Å²) in [6, 6.07) is 8.89. The third-order valence-electron chi connectivity index (χ3n) is 6.18. The summed E-state index contributed by atoms with van der Waals surface area (Å²) < 4.78 is 5.31. The highest BCUT2D eigenvalue weighted by molar-refractivity contribution is 5.79. The Kier molecular flexibility index (Phi) is 8.14. The molecule has 0 saturated carbocycles. The number of amides is 2. The molecule has 6 heteroatoms. The van der Waals surface area contributed by atoms with Crippen LogP contribution in [-0.2, 0) is 9.53 Å². The van der Waals surface area contributed by atoms with Crippen molar-refractivity contribution in [1.82, 2.24) is 15.1 Å². The summed E-state index contributed by atoms with van der Waals surface area (Å²) in [6.07, 6.45) is 3.59. The Morgan fingerprint density at radius 3 is 2.30 bits per heavy atom. The summed E-state index contributed by atoms with van der Waals surface area (Å²) in [5.74, 6) is 0.409. The fourth-order valence-electron chi connectivity index (χ4n) is 4.29. The van der Waals surface area contributed by atoms with Crippen LogP contribution in [0.5, 0.6) is 0 Å². The summed E-state index contributed by atoms with van der Waals surface area (Å²) in [5.41, 5.74) is 2.52. The van der Waals surface area contributed by atoms with Crippen molar-refractivity contribution >= 4 is 12.0 Å². The minimum absolute atomic E-state index is 0.0311.